The monoisotopic (exact) mass is 377 g/mol. The lowest BCUT2D eigenvalue weighted by Crippen LogP contribution is -2.34. The molecule has 1 saturated heterocycles. The number of halogens is 1. The Bertz CT molecular complexity index is 1130. The van der Waals surface area contributed by atoms with Crippen molar-refractivity contribution in [3.05, 3.63) is 60.2 Å². The van der Waals surface area contributed by atoms with Crippen molar-refractivity contribution in [2.75, 3.05) is 11.4 Å². The van der Waals surface area contributed by atoms with Gasteiger partial charge in [-0.2, -0.15) is 9.61 Å². The van der Waals surface area contributed by atoms with E-state index in [2.05, 4.69) is 26.4 Å². The Morgan fingerprint density at radius 1 is 1.07 bits per heavy atom. The van der Waals surface area contributed by atoms with E-state index in [1.165, 1.54) is 18.1 Å². The molecular formula is C20H20FN7. The fourth-order valence-electron chi connectivity index (χ4n) is 3.91. The highest BCUT2D eigenvalue weighted by Crippen LogP contribution is 2.34. The molecule has 7 nitrogen and oxygen atoms in total. The standard InChI is InChI=1S/C20H20FN7/c1-26-13-14(12-22-26)17-8-4-5-11-27(17)19-10-9-18-23-24-20(28(18)25-19)15-6-2-3-7-16(15)21/h2-3,6-7,9-10,12-13,17H,4-5,8,11H2,1H3/t17-/m1/s1. The van der Waals surface area contributed by atoms with Crippen molar-refractivity contribution in [1.29, 1.82) is 0 Å². The molecular weight excluding hydrogens is 357 g/mol. The van der Waals surface area contributed by atoms with E-state index >= 15 is 0 Å². The van der Waals surface area contributed by atoms with Crippen LogP contribution in [0.15, 0.2) is 48.8 Å². The highest BCUT2D eigenvalue weighted by Gasteiger charge is 2.27. The van der Waals surface area contributed by atoms with Crippen LogP contribution < -0.4 is 4.90 Å². The van der Waals surface area contributed by atoms with Crippen LogP contribution >= 0.6 is 0 Å². The highest BCUT2D eigenvalue weighted by molar-refractivity contribution is 5.60. The third kappa shape index (κ3) is 2.81. The summed E-state index contributed by atoms with van der Waals surface area (Å²) in [6.45, 7) is 0.912. The van der Waals surface area contributed by atoms with Crippen molar-refractivity contribution < 1.29 is 4.39 Å². The van der Waals surface area contributed by atoms with Gasteiger partial charge in [-0.25, -0.2) is 4.39 Å². The van der Waals surface area contributed by atoms with Crippen LogP contribution in [0.25, 0.3) is 17.0 Å². The van der Waals surface area contributed by atoms with Gasteiger partial charge < -0.3 is 4.90 Å². The minimum atomic E-state index is -0.338. The van der Waals surface area contributed by atoms with Crippen molar-refractivity contribution in [2.45, 2.75) is 25.3 Å². The van der Waals surface area contributed by atoms with E-state index in [9.17, 15) is 4.39 Å². The van der Waals surface area contributed by atoms with Crippen LogP contribution in [0.1, 0.15) is 30.9 Å². The summed E-state index contributed by atoms with van der Waals surface area (Å²) < 4.78 is 17.7. The summed E-state index contributed by atoms with van der Waals surface area (Å²) in [4.78, 5) is 2.30. The molecule has 1 aliphatic heterocycles. The minimum Gasteiger partial charge on any atom is -0.348 e. The summed E-state index contributed by atoms with van der Waals surface area (Å²) in [6.07, 6.45) is 7.31. The molecule has 4 heterocycles. The van der Waals surface area contributed by atoms with E-state index in [0.29, 0.717) is 17.0 Å². The van der Waals surface area contributed by atoms with E-state index in [0.717, 1.165) is 25.2 Å². The highest BCUT2D eigenvalue weighted by atomic mass is 19.1. The summed E-state index contributed by atoms with van der Waals surface area (Å²) in [5.74, 6) is 0.901. The zero-order valence-corrected chi connectivity index (χ0v) is 15.5. The second kappa shape index (κ2) is 6.70. The summed E-state index contributed by atoms with van der Waals surface area (Å²) in [5, 5.41) is 17.4. The van der Waals surface area contributed by atoms with Crippen LogP contribution in [0.5, 0.6) is 0 Å². The molecule has 0 N–H and O–H groups in total. The summed E-state index contributed by atoms with van der Waals surface area (Å²) >= 11 is 0. The topological polar surface area (TPSA) is 64.1 Å². The number of fused-ring (bicyclic) bond motifs is 1. The molecule has 0 radical (unpaired) electrons. The predicted octanol–water partition coefficient (Wildman–Crippen LogP) is 3.40. The van der Waals surface area contributed by atoms with Crippen molar-refractivity contribution in [3.8, 4) is 11.4 Å². The van der Waals surface area contributed by atoms with Crippen molar-refractivity contribution in [1.82, 2.24) is 29.6 Å². The van der Waals surface area contributed by atoms with Crippen LogP contribution in [0.2, 0.25) is 0 Å². The van der Waals surface area contributed by atoms with Crippen LogP contribution in [0.3, 0.4) is 0 Å². The smallest absolute Gasteiger partial charge is 0.188 e. The van der Waals surface area contributed by atoms with Crippen molar-refractivity contribution >= 4 is 11.5 Å². The van der Waals surface area contributed by atoms with Crippen molar-refractivity contribution in [3.63, 3.8) is 0 Å². The molecule has 28 heavy (non-hydrogen) atoms. The SMILES string of the molecule is Cn1cc([C@H]2CCCCN2c2ccc3nnc(-c4ccccc4F)n3n2)cn1. The molecule has 142 valence electrons. The van der Waals surface area contributed by atoms with Gasteiger partial charge in [-0.3, -0.25) is 4.68 Å². The van der Waals surface area contributed by atoms with Gasteiger partial charge in [-0.15, -0.1) is 15.3 Å². The summed E-state index contributed by atoms with van der Waals surface area (Å²) in [7, 11) is 1.93. The van der Waals surface area contributed by atoms with Crippen LogP contribution in [0.4, 0.5) is 10.2 Å². The number of piperidine rings is 1. The Kier molecular flexibility index (Phi) is 4.03. The first kappa shape index (κ1) is 16.9. The first-order valence-corrected chi connectivity index (χ1v) is 9.43. The molecule has 0 spiro atoms. The van der Waals surface area contributed by atoms with E-state index in [4.69, 9.17) is 5.10 Å². The molecule has 0 amide bonds. The van der Waals surface area contributed by atoms with Crippen LogP contribution in [0, 0.1) is 5.82 Å². The van der Waals surface area contributed by atoms with Gasteiger partial charge in [0, 0.05) is 25.4 Å². The molecule has 0 bridgehead atoms. The van der Waals surface area contributed by atoms with E-state index < -0.39 is 0 Å². The van der Waals surface area contributed by atoms with Crippen LogP contribution in [-0.4, -0.2) is 36.1 Å². The molecule has 1 aromatic carbocycles. The maximum Gasteiger partial charge on any atom is 0.188 e. The molecule has 1 aliphatic rings. The van der Waals surface area contributed by atoms with Crippen LogP contribution in [-0.2, 0) is 7.05 Å². The van der Waals surface area contributed by atoms with Gasteiger partial charge in [0.1, 0.15) is 11.6 Å². The van der Waals surface area contributed by atoms with E-state index in [1.54, 1.807) is 22.7 Å². The first-order valence-electron chi connectivity index (χ1n) is 9.43. The Hall–Kier alpha value is -3.29. The minimum absolute atomic E-state index is 0.223. The average Bonchev–Trinajstić information content (AvgIpc) is 3.34. The summed E-state index contributed by atoms with van der Waals surface area (Å²) in [6, 6.07) is 10.6. The normalized spacial score (nSPS) is 17.4. The number of hydrogen-bond acceptors (Lipinski definition) is 5. The van der Waals surface area contributed by atoms with Gasteiger partial charge in [-0.05, 0) is 43.5 Å². The number of nitrogens with zero attached hydrogens (tertiary/aromatic N) is 7. The number of aromatic nitrogens is 6. The Balaban J connectivity index is 1.59. The maximum atomic E-state index is 14.3. The van der Waals surface area contributed by atoms with Gasteiger partial charge in [0.2, 0.25) is 0 Å². The summed E-state index contributed by atoms with van der Waals surface area (Å²) in [5.41, 5.74) is 2.17. The lowest BCUT2D eigenvalue weighted by atomic mass is 9.97. The zero-order valence-electron chi connectivity index (χ0n) is 15.5. The van der Waals surface area contributed by atoms with E-state index in [-0.39, 0.29) is 11.9 Å². The molecule has 5 rings (SSSR count). The van der Waals surface area contributed by atoms with Gasteiger partial charge in [0.15, 0.2) is 11.5 Å². The quantitative estimate of drug-likeness (QED) is 0.548. The van der Waals surface area contributed by atoms with Crippen molar-refractivity contribution in [2.24, 2.45) is 7.05 Å². The number of rotatable bonds is 3. The molecule has 0 unspecified atom stereocenters. The molecule has 0 saturated carbocycles. The van der Waals surface area contributed by atoms with E-state index in [1.807, 2.05) is 30.1 Å². The molecule has 8 heteroatoms. The third-order valence-electron chi connectivity index (χ3n) is 5.27. The average molecular weight is 377 g/mol. The number of anilines is 1. The molecule has 3 aromatic heterocycles. The Labute approximate surface area is 161 Å². The second-order valence-corrected chi connectivity index (χ2v) is 7.12. The van der Waals surface area contributed by atoms with Gasteiger partial charge in [0.05, 0.1) is 17.8 Å². The zero-order chi connectivity index (χ0) is 19.1. The van der Waals surface area contributed by atoms with Gasteiger partial charge in [0.25, 0.3) is 0 Å². The predicted molar refractivity (Wildman–Crippen MR) is 103 cm³/mol. The van der Waals surface area contributed by atoms with Gasteiger partial charge in [-0.1, -0.05) is 12.1 Å². The maximum absolute atomic E-state index is 14.3. The Morgan fingerprint density at radius 2 is 1.96 bits per heavy atom. The first-order chi connectivity index (χ1) is 13.7. The fourth-order valence-corrected chi connectivity index (χ4v) is 3.91. The number of aryl methyl sites for hydroxylation is 1. The Morgan fingerprint density at radius 3 is 2.79 bits per heavy atom. The molecule has 4 aromatic rings. The number of hydrogen-bond donors (Lipinski definition) is 0. The lowest BCUT2D eigenvalue weighted by Gasteiger charge is -2.36. The largest absolute Gasteiger partial charge is 0.348 e. The molecule has 1 atom stereocenters. The lowest BCUT2D eigenvalue weighted by molar-refractivity contribution is 0.467. The second-order valence-electron chi connectivity index (χ2n) is 7.12. The third-order valence-corrected chi connectivity index (χ3v) is 5.27. The fraction of sp³-hybridized carbons (Fsp3) is 0.300. The molecule has 1 fully saturated rings. The molecule has 0 aliphatic carbocycles. The van der Waals surface area contributed by atoms with Gasteiger partial charge >= 0.3 is 0 Å². The number of benzene rings is 1.